The number of hydrogen-bond acceptors (Lipinski definition) is 1. The molecule has 0 bridgehead atoms. The Labute approximate surface area is 63.1 Å². The maximum absolute atomic E-state index is 9.12. The molecule has 0 saturated heterocycles. The molecule has 1 unspecified atom stereocenters. The van der Waals surface area contributed by atoms with Gasteiger partial charge in [-0.15, -0.1) is 5.73 Å². The van der Waals surface area contributed by atoms with Gasteiger partial charge in [0.05, 0.1) is 6.10 Å². The number of aliphatic hydroxyl groups excluding tert-OH is 1. The summed E-state index contributed by atoms with van der Waals surface area (Å²) in [6, 6.07) is 0. The van der Waals surface area contributed by atoms with Crippen molar-refractivity contribution >= 4 is 0 Å². The lowest BCUT2D eigenvalue weighted by Gasteiger charge is -2.01. The first-order valence-corrected chi connectivity index (χ1v) is 3.85. The van der Waals surface area contributed by atoms with E-state index in [1.807, 2.05) is 0 Å². The number of unbranched alkanes of at least 4 members (excludes halogenated alkanes) is 2. The normalized spacial score (nSPS) is 12.2. The third-order valence-corrected chi connectivity index (χ3v) is 1.41. The van der Waals surface area contributed by atoms with Crippen molar-refractivity contribution in [1.82, 2.24) is 0 Å². The van der Waals surface area contributed by atoms with Crippen LogP contribution < -0.4 is 0 Å². The molecule has 1 atom stereocenters. The molecule has 0 aliphatic rings. The van der Waals surface area contributed by atoms with Gasteiger partial charge < -0.3 is 5.11 Å². The van der Waals surface area contributed by atoms with Crippen LogP contribution in [0.2, 0.25) is 0 Å². The Morgan fingerprint density at radius 1 is 1.60 bits per heavy atom. The molecular weight excluding hydrogens is 124 g/mol. The lowest BCUT2D eigenvalue weighted by Crippen LogP contribution is -2.00. The zero-order valence-corrected chi connectivity index (χ0v) is 6.64. The van der Waals surface area contributed by atoms with E-state index in [4.69, 9.17) is 5.11 Å². The average molecular weight is 140 g/mol. The van der Waals surface area contributed by atoms with Crippen LogP contribution in [0.4, 0.5) is 0 Å². The quantitative estimate of drug-likeness (QED) is 0.459. The van der Waals surface area contributed by atoms with E-state index in [1.54, 1.807) is 6.08 Å². The van der Waals surface area contributed by atoms with Crippen LogP contribution >= 0.6 is 0 Å². The topological polar surface area (TPSA) is 20.2 Å². The Morgan fingerprint density at radius 2 is 2.30 bits per heavy atom. The molecule has 0 heterocycles. The van der Waals surface area contributed by atoms with E-state index in [1.165, 1.54) is 12.8 Å². The van der Waals surface area contributed by atoms with Gasteiger partial charge in [0.2, 0.25) is 0 Å². The molecule has 0 spiro atoms. The minimum atomic E-state index is -0.330. The molecule has 0 aromatic heterocycles. The van der Waals surface area contributed by atoms with Crippen LogP contribution in [-0.2, 0) is 0 Å². The highest BCUT2D eigenvalue weighted by molar-refractivity contribution is 4.83. The first-order chi connectivity index (χ1) is 4.81. The number of hydrogen-bond donors (Lipinski definition) is 1. The van der Waals surface area contributed by atoms with E-state index in [-0.39, 0.29) is 6.10 Å². The minimum Gasteiger partial charge on any atom is -0.388 e. The summed E-state index contributed by atoms with van der Waals surface area (Å²) in [5.41, 5.74) is 2.57. The average Bonchev–Trinajstić information content (AvgIpc) is 1.89. The maximum Gasteiger partial charge on any atom is 0.0794 e. The SMILES string of the molecule is C=C=CC(O)CCCCC. The van der Waals surface area contributed by atoms with Gasteiger partial charge >= 0.3 is 0 Å². The number of aliphatic hydroxyl groups is 1. The van der Waals surface area contributed by atoms with E-state index >= 15 is 0 Å². The number of rotatable bonds is 5. The first kappa shape index (κ1) is 9.48. The van der Waals surface area contributed by atoms with Gasteiger partial charge in [-0.1, -0.05) is 32.8 Å². The third kappa shape index (κ3) is 5.61. The summed E-state index contributed by atoms with van der Waals surface area (Å²) >= 11 is 0. The van der Waals surface area contributed by atoms with E-state index in [9.17, 15) is 0 Å². The van der Waals surface area contributed by atoms with Crippen LogP contribution in [0.5, 0.6) is 0 Å². The zero-order valence-electron chi connectivity index (χ0n) is 6.64. The molecule has 0 fully saturated rings. The summed E-state index contributed by atoms with van der Waals surface area (Å²) in [6.45, 7) is 5.54. The zero-order chi connectivity index (χ0) is 7.82. The van der Waals surface area contributed by atoms with E-state index in [0.29, 0.717) is 0 Å². The smallest absolute Gasteiger partial charge is 0.0794 e. The van der Waals surface area contributed by atoms with Crippen molar-refractivity contribution in [2.45, 2.75) is 38.7 Å². The van der Waals surface area contributed by atoms with Crippen molar-refractivity contribution in [3.05, 3.63) is 18.4 Å². The lowest BCUT2D eigenvalue weighted by atomic mass is 10.1. The molecule has 58 valence electrons. The van der Waals surface area contributed by atoms with Crippen LogP contribution in [0.25, 0.3) is 0 Å². The lowest BCUT2D eigenvalue weighted by molar-refractivity contribution is 0.208. The van der Waals surface area contributed by atoms with Crippen molar-refractivity contribution < 1.29 is 5.11 Å². The minimum absolute atomic E-state index is 0.330. The summed E-state index contributed by atoms with van der Waals surface area (Å²) < 4.78 is 0. The van der Waals surface area contributed by atoms with Crippen LogP contribution in [0, 0.1) is 0 Å². The van der Waals surface area contributed by atoms with Gasteiger partial charge in [-0.3, -0.25) is 0 Å². The van der Waals surface area contributed by atoms with E-state index in [2.05, 4.69) is 19.2 Å². The fraction of sp³-hybridized carbons (Fsp3) is 0.667. The van der Waals surface area contributed by atoms with Gasteiger partial charge in [-0.05, 0) is 12.5 Å². The largest absolute Gasteiger partial charge is 0.388 e. The third-order valence-electron chi connectivity index (χ3n) is 1.41. The second kappa shape index (κ2) is 6.60. The van der Waals surface area contributed by atoms with Crippen LogP contribution in [0.3, 0.4) is 0 Å². The molecule has 0 aromatic rings. The van der Waals surface area contributed by atoms with Crippen molar-refractivity contribution in [3.63, 3.8) is 0 Å². The Morgan fingerprint density at radius 3 is 2.80 bits per heavy atom. The monoisotopic (exact) mass is 140 g/mol. The Kier molecular flexibility index (Phi) is 6.25. The molecule has 0 aromatic carbocycles. The molecule has 1 nitrogen and oxygen atoms in total. The summed E-state index contributed by atoms with van der Waals surface area (Å²) in [5.74, 6) is 0. The van der Waals surface area contributed by atoms with Gasteiger partial charge in [0.25, 0.3) is 0 Å². The maximum atomic E-state index is 9.12. The summed E-state index contributed by atoms with van der Waals surface area (Å²) in [5, 5.41) is 9.12. The Bertz CT molecular complexity index is 112. The highest BCUT2D eigenvalue weighted by Gasteiger charge is 1.95. The van der Waals surface area contributed by atoms with Crippen molar-refractivity contribution in [3.8, 4) is 0 Å². The highest BCUT2D eigenvalue weighted by atomic mass is 16.3. The predicted octanol–water partition coefficient (Wildman–Crippen LogP) is 2.27. The standard InChI is InChI=1S/C9H16O/c1-3-5-6-8-9(10)7-4-2/h7,9-10H,2-3,5-6,8H2,1H3. The molecule has 10 heavy (non-hydrogen) atoms. The van der Waals surface area contributed by atoms with Crippen molar-refractivity contribution in [2.24, 2.45) is 0 Å². The second-order valence-electron chi connectivity index (χ2n) is 2.43. The van der Waals surface area contributed by atoms with Gasteiger partial charge in [0.15, 0.2) is 0 Å². The van der Waals surface area contributed by atoms with Crippen LogP contribution in [0.15, 0.2) is 18.4 Å². The van der Waals surface area contributed by atoms with E-state index < -0.39 is 0 Å². The Balaban J connectivity index is 3.21. The van der Waals surface area contributed by atoms with Gasteiger partial charge in [-0.2, -0.15) is 0 Å². The molecule has 0 aliphatic heterocycles. The Hall–Kier alpha value is -0.520. The van der Waals surface area contributed by atoms with E-state index in [0.717, 1.165) is 12.8 Å². The molecular formula is C9H16O. The summed E-state index contributed by atoms with van der Waals surface area (Å²) in [4.78, 5) is 0. The van der Waals surface area contributed by atoms with Gasteiger partial charge in [0, 0.05) is 0 Å². The predicted molar refractivity (Wildman–Crippen MR) is 43.9 cm³/mol. The van der Waals surface area contributed by atoms with Crippen molar-refractivity contribution in [2.75, 3.05) is 0 Å². The van der Waals surface area contributed by atoms with Crippen LogP contribution in [0.1, 0.15) is 32.6 Å². The summed E-state index contributed by atoms with van der Waals surface area (Å²) in [6.07, 6.45) is 5.61. The molecule has 0 amide bonds. The molecule has 0 saturated carbocycles. The molecule has 0 aliphatic carbocycles. The van der Waals surface area contributed by atoms with Gasteiger partial charge in [-0.25, -0.2) is 0 Å². The molecule has 0 rings (SSSR count). The molecule has 1 heteroatoms. The van der Waals surface area contributed by atoms with Gasteiger partial charge in [0.1, 0.15) is 0 Å². The second-order valence-corrected chi connectivity index (χ2v) is 2.43. The molecule has 1 N–H and O–H groups in total. The van der Waals surface area contributed by atoms with Crippen molar-refractivity contribution in [1.29, 1.82) is 0 Å². The van der Waals surface area contributed by atoms with Crippen LogP contribution in [-0.4, -0.2) is 11.2 Å². The fourth-order valence-electron chi connectivity index (χ4n) is 0.823. The molecule has 0 radical (unpaired) electrons. The summed E-state index contributed by atoms with van der Waals surface area (Å²) in [7, 11) is 0. The fourth-order valence-corrected chi connectivity index (χ4v) is 0.823. The first-order valence-electron chi connectivity index (χ1n) is 3.85. The highest BCUT2D eigenvalue weighted by Crippen LogP contribution is 2.03.